The minimum absolute atomic E-state index is 0.257. The number of carbonyl (C=O) groups is 4. The van der Waals surface area contributed by atoms with Crippen molar-refractivity contribution in [3.63, 3.8) is 0 Å². The van der Waals surface area contributed by atoms with Crippen molar-refractivity contribution in [2.45, 2.75) is 115 Å². The van der Waals surface area contributed by atoms with Gasteiger partial charge in [0.05, 0.1) is 21.2 Å². The zero-order valence-corrected chi connectivity index (χ0v) is 36.5. The van der Waals surface area contributed by atoms with Gasteiger partial charge in [-0.2, -0.15) is 0 Å². The largest absolute Gasteiger partial charge is 0.444 e. The lowest BCUT2D eigenvalue weighted by Crippen LogP contribution is -2.33. The molecule has 0 spiro atoms. The Morgan fingerprint density at radius 2 is 0.929 bits per heavy atom. The number of carbonyl (C=O) groups excluding carboxylic acids is 4. The summed E-state index contributed by atoms with van der Waals surface area (Å²) < 4.78 is 10.7. The van der Waals surface area contributed by atoms with Gasteiger partial charge >= 0.3 is 12.2 Å². The number of benzene rings is 3. The first-order chi connectivity index (χ1) is 25.7. The van der Waals surface area contributed by atoms with Crippen molar-refractivity contribution in [3.05, 3.63) is 70.8 Å². The van der Waals surface area contributed by atoms with Crippen LogP contribution in [0.1, 0.15) is 115 Å². The Bertz CT molecular complexity index is 1770. The number of nitrogens with two attached hydrogens (primary N) is 2. The van der Waals surface area contributed by atoms with E-state index < -0.39 is 35.2 Å². The molecule has 0 aromatic heterocycles. The van der Waals surface area contributed by atoms with Gasteiger partial charge in [0.1, 0.15) is 11.2 Å². The van der Waals surface area contributed by atoms with Crippen molar-refractivity contribution in [3.8, 4) is 0 Å². The molecule has 0 radical (unpaired) electrons. The van der Waals surface area contributed by atoms with Gasteiger partial charge in [-0.3, -0.25) is 9.59 Å². The van der Waals surface area contributed by atoms with E-state index >= 15 is 0 Å². The van der Waals surface area contributed by atoms with E-state index in [-0.39, 0.29) is 22.0 Å². The molecule has 0 saturated heterocycles. The van der Waals surface area contributed by atoms with Crippen molar-refractivity contribution < 1.29 is 28.7 Å². The Morgan fingerprint density at radius 3 is 1.25 bits per heavy atom. The summed E-state index contributed by atoms with van der Waals surface area (Å²) in [5.74, 6) is 0.0921. The first-order valence-corrected chi connectivity index (χ1v) is 20.5. The smallest absolute Gasteiger partial charge is 0.407 e. The van der Waals surface area contributed by atoms with Gasteiger partial charge in [0.2, 0.25) is 0 Å². The van der Waals surface area contributed by atoms with Crippen LogP contribution in [0.2, 0.25) is 0 Å². The molecule has 0 aliphatic carbocycles. The van der Waals surface area contributed by atoms with Gasteiger partial charge in [-0.25, -0.2) is 9.59 Å². The second-order valence-corrected chi connectivity index (χ2v) is 19.6. The molecule has 3 rings (SSSR count). The second kappa shape index (κ2) is 18.6. The van der Waals surface area contributed by atoms with E-state index in [2.05, 4.69) is 62.8 Å². The van der Waals surface area contributed by atoms with Crippen LogP contribution in [0.4, 0.5) is 32.3 Å². The average Bonchev–Trinajstić information content (AvgIpc) is 3.04. The van der Waals surface area contributed by atoms with E-state index in [0.717, 1.165) is 11.1 Å². The van der Waals surface area contributed by atoms with Gasteiger partial charge in [-0.1, -0.05) is 47.6 Å². The Balaban J connectivity index is 1.84. The van der Waals surface area contributed by atoms with E-state index in [0.29, 0.717) is 57.1 Å². The highest BCUT2D eigenvalue weighted by atomic mass is 32.2. The second-order valence-electron chi connectivity index (χ2n) is 17.4. The number of nitrogens with one attached hydrogen (secondary N) is 4. The lowest BCUT2D eigenvalue weighted by atomic mass is 9.86. The zero-order chi connectivity index (χ0) is 42.2. The van der Waals surface area contributed by atoms with E-state index in [9.17, 15) is 19.2 Å². The number of alkyl carbamates (subject to hydrolysis) is 2. The Hall–Kier alpha value is -4.56. The number of rotatable bonds is 12. The number of hydrogen-bond acceptors (Lipinski definition) is 10. The van der Waals surface area contributed by atoms with Crippen LogP contribution in [0.15, 0.2) is 58.3 Å². The molecule has 3 aromatic rings. The molecular formula is C42H60N6O6S2. The summed E-state index contributed by atoms with van der Waals surface area (Å²) in [6.45, 7) is 23.8. The molecule has 56 heavy (non-hydrogen) atoms. The molecule has 3 aromatic carbocycles. The third-order valence-corrected chi connectivity index (χ3v) is 10.2. The molecule has 8 N–H and O–H groups in total. The minimum Gasteiger partial charge on any atom is -0.444 e. The lowest BCUT2D eigenvalue weighted by Gasteiger charge is -2.23. The van der Waals surface area contributed by atoms with Crippen LogP contribution in [-0.2, 0) is 20.3 Å². The van der Waals surface area contributed by atoms with E-state index in [4.69, 9.17) is 20.9 Å². The molecule has 0 heterocycles. The molecule has 14 heteroatoms. The predicted octanol–water partition coefficient (Wildman–Crippen LogP) is 9.18. The summed E-state index contributed by atoms with van der Waals surface area (Å²) in [5, 5.41) is 11.5. The summed E-state index contributed by atoms with van der Waals surface area (Å²) in [4.78, 5) is 53.3. The van der Waals surface area contributed by atoms with E-state index in [1.165, 1.54) is 29.6 Å². The molecule has 0 saturated carbocycles. The number of amides is 4. The van der Waals surface area contributed by atoms with Crippen LogP contribution < -0.4 is 32.7 Å². The topological polar surface area (TPSA) is 187 Å². The first kappa shape index (κ1) is 45.8. The van der Waals surface area contributed by atoms with Crippen molar-refractivity contribution >= 4 is 70.3 Å². The maximum Gasteiger partial charge on any atom is 0.407 e. The van der Waals surface area contributed by atoms with Crippen LogP contribution in [0, 0.1) is 0 Å². The van der Waals surface area contributed by atoms with Gasteiger partial charge in [0.25, 0.3) is 11.8 Å². The van der Waals surface area contributed by atoms with Gasteiger partial charge in [0.15, 0.2) is 0 Å². The number of thioether (sulfide) groups is 2. The van der Waals surface area contributed by atoms with Crippen LogP contribution in [0.5, 0.6) is 0 Å². The van der Waals surface area contributed by atoms with Crippen molar-refractivity contribution in [2.24, 2.45) is 0 Å². The normalized spacial score (nSPS) is 12.1. The zero-order valence-electron chi connectivity index (χ0n) is 34.9. The summed E-state index contributed by atoms with van der Waals surface area (Å²) in [7, 11) is 0. The van der Waals surface area contributed by atoms with Gasteiger partial charge in [-0.15, -0.1) is 23.5 Å². The summed E-state index contributed by atoms with van der Waals surface area (Å²) >= 11 is 2.80. The van der Waals surface area contributed by atoms with Crippen LogP contribution in [-0.4, -0.2) is 59.8 Å². The Kier molecular flexibility index (Phi) is 15.2. The minimum atomic E-state index is -0.614. The van der Waals surface area contributed by atoms with Gasteiger partial charge in [0, 0.05) is 47.1 Å². The maximum atomic E-state index is 13.8. The quantitative estimate of drug-likeness (QED) is 0.0585. The summed E-state index contributed by atoms with van der Waals surface area (Å²) in [6.07, 6.45) is -1.03. The molecule has 0 bridgehead atoms. The molecular weight excluding hydrogens is 749 g/mol. The Labute approximate surface area is 340 Å². The number of ether oxygens (including phenoxy) is 2. The van der Waals surface area contributed by atoms with Crippen molar-refractivity contribution in [1.82, 2.24) is 10.6 Å². The fourth-order valence-corrected chi connectivity index (χ4v) is 6.91. The monoisotopic (exact) mass is 808 g/mol. The molecule has 0 atom stereocenters. The van der Waals surface area contributed by atoms with Crippen LogP contribution >= 0.6 is 23.5 Å². The number of anilines is 4. The fraction of sp³-hybridized carbons (Fsp3) is 0.476. The average molecular weight is 809 g/mol. The van der Waals surface area contributed by atoms with E-state index in [1.54, 1.807) is 59.7 Å². The molecule has 4 amide bonds. The fourth-order valence-electron chi connectivity index (χ4n) is 5.11. The summed E-state index contributed by atoms with van der Waals surface area (Å²) in [5.41, 5.74) is 15.8. The molecule has 0 fully saturated rings. The highest BCUT2D eigenvalue weighted by molar-refractivity contribution is 7.99. The predicted molar refractivity (Wildman–Crippen MR) is 231 cm³/mol. The van der Waals surface area contributed by atoms with Gasteiger partial charge < -0.3 is 42.2 Å². The SMILES string of the molecule is CC(C)(C)OC(=O)NCCSc1c(N)cc(C(C)(C)C)cc1NC(=O)c1cccc(C(=O)Nc2cc(C(C)(C)C)cc(N)c2SCCNC(=O)OC(C)(C)C)c1. The van der Waals surface area contributed by atoms with Crippen LogP contribution in [0.25, 0.3) is 0 Å². The highest BCUT2D eigenvalue weighted by Gasteiger charge is 2.23. The van der Waals surface area contributed by atoms with Gasteiger partial charge in [-0.05, 0) is 106 Å². The summed E-state index contributed by atoms with van der Waals surface area (Å²) in [6, 6.07) is 14.1. The molecule has 0 aliphatic rings. The number of hydrogen-bond donors (Lipinski definition) is 6. The third-order valence-electron chi connectivity index (χ3n) is 7.88. The molecule has 12 nitrogen and oxygen atoms in total. The van der Waals surface area contributed by atoms with Crippen molar-refractivity contribution in [1.29, 1.82) is 0 Å². The lowest BCUT2D eigenvalue weighted by molar-refractivity contribution is 0.0519. The molecule has 306 valence electrons. The maximum absolute atomic E-state index is 13.8. The standard InChI is InChI=1S/C42H60N6O6S2/c1-39(2,3)27-21-29(43)33(55-18-16-45-37(51)53-41(7,8)9)31(23-27)47-35(49)25-14-13-15-26(20-25)36(50)48-32-24-28(40(4,5)6)22-30(44)34(32)56-19-17-46-38(52)54-42(10,11)12/h13-15,20-24H,16-19,43-44H2,1-12H3,(H,45,51)(H,46,52)(H,47,49)(H,48,50). The highest BCUT2D eigenvalue weighted by Crippen LogP contribution is 2.39. The van der Waals surface area contributed by atoms with Crippen molar-refractivity contribution in [2.75, 3.05) is 46.7 Å². The first-order valence-electron chi connectivity index (χ1n) is 18.5. The Morgan fingerprint density at radius 1 is 0.571 bits per heavy atom. The van der Waals surface area contributed by atoms with E-state index in [1.807, 2.05) is 24.3 Å². The number of nitrogen functional groups attached to an aromatic ring is 2. The molecule has 0 aliphatic heterocycles. The molecule has 0 unspecified atom stereocenters. The third kappa shape index (κ3) is 14.5. The van der Waals surface area contributed by atoms with Crippen LogP contribution in [0.3, 0.4) is 0 Å².